The topological polar surface area (TPSA) is 183 Å². The maximum Gasteiger partial charge on any atom is 0.273 e. The molecule has 2 aromatic carbocycles. The zero-order valence-corrected chi connectivity index (χ0v) is 32.8. The van der Waals surface area contributed by atoms with E-state index in [1.54, 1.807) is 24.3 Å². The van der Waals surface area contributed by atoms with E-state index in [0.29, 0.717) is 42.4 Å². The van der Waals surface area contributed by atoms with E-state index in [1.165, 1.54) is 12.1 Å². The summed E-state index contributed by atoms with van der Waals surface area (Å²) in [4.78, 5) is 33.2. The van der Waals surface area contributed by atoms with E-state index >= 15 is 0 Å². The van der Waals surface area contributed by atoms with Crippen molar-refractivity contribution in [1.29, 1.82) is 0 Å². The minimum atomic E-state index is -1.40. The van der Waals surface area contributed by atoms with Gasteiger partial charge in [-0.05, 0) is 87.1 Å². The van der Waals surface area contributed by atoms with Gasteiger partial charge in [-0.3, -0.25) is 14.9 Å². The number of hydrogen-bond acceptors (Lipinski definition) is 12. The number of rotatable bonds is 23. The number of carbonyl (C=O) groups excluding carboxylic acids is 1. The first-order chi connectivity index (χ1) is 27.8. The smallest absolute Gasteiger partial charge is 0.273 e. The number of nitrogens with zero attached hydrogens (tertiary/aromatic N) is 3. The monoisotopic (exact) mass is 791 g/mol. The van der Waals surface area contributed by atoms with Crippen LogP contribution in [0.3, 0.4) is 0 Å². The van der Waals surface area contributed by atoms with Crippen molar-refractivity contribution in [1.82, 2.24) is 4.90 Å². The van der Waals surface area contributed by atoms with Crippen LogP contribution in [-0.4, -0.2) is 101 Å². The standard InChI is InChI=1S/C43H57N3O11/c1-3-22-54-43-39(45(18-23-53-24-21-49)42(50)29-14-15-29)28-37(44-55-4-2)35-25-30(10-5-7-19-47)34(13-6-8-20-48)40(41(35)43)36-27-33(16-17-38(36)57-43)56-32-12-9-11-31(26-32)46(51)52/h3,9,11-12,16-17,25-27,29-30,34,39-41,47-49H,1,4-8,10,13-15,18-24,28H2,2H3. The highest BCUT2D eigenvalue weighted by Gasteiger charge is 2.65. The number of aliphatic hydroxyl groups is 3. The largest absolute Gasteiger partial charge is 0.459 e. The molecule has 14 heteroatoms. The van der Waals surface area contributed by atoms with Gasteiger partial charge < -0.3 is 44.0 Å². The van der Waals surface area contributed by atoms with E-state index in [9.17, 15) is 30.2 Å². The van der Waals surface area contributed by atoms with Gasteiger partial charge >= 0.3 is 0 Å². The second-order valence-electron chi connectivity index (χ2n) is 15.2. The van der Waals surface area contributed by atoms with Crippen LogP contribution in [0.5, 0.6) is 17.2 Å². The fraction of sp³-hybridized carbons (Fsp3) is 0.581. The highest BCUT2D eigenvalue weighted by Crippen LogP contribution is 2.62. The highest BCUT2D eigenvalue weighted by atomic mass is 16.7. The average molecular weight is 792 g/mol. The number of nitro groups is 1. The maximum absolute atomic E-state index is 14.4. The summed E-state index contributed by atoms with van der Waals surface area (Å²) in [7, 11) is 0. The van der Waals surface area contributed by atoms with Gasteiger partial charge in [-0.2, -0.15) is 0 Å². The fourth-order valence-corrected chi connectivity index (χ4v) is 8.96. The summed E-state index contributed by atoms with van der Waals surface area (Å²) in [5.41, 5.74) is 2.41. The van der Waals surface area contributed by atoms with E-state index in [4.69, 9.17) is 28.9 Å². The average Bonchev–Trinajstić information content (AvgIpc) is 4.07. The molecule has 14 nitrogen and oxygen atoms in total. The number of allylic oxidation sites excluding steroid dienone is 1. The van der Waals surface area contributed by atoms with Crippen molar-refractivity contribution >= 4 is 17.3 Å². The van der Waals surface area contributed by atoms with Gasteiger partial charge in [0.15, 0.2) is 0 Å². The number of oxime groups is 1. The number of hydrogen-bond donors (Lipinski definition) is 3. The molecule has 3 aliphatic carbocycles. The third kappa shape index (κ3) is 9.52. The molecule has 0 bridgehead atoms. The Labute approximate surface area is 334 Å². The normalized spacial score (nSPS) is 25.4. The van der Waals surface area contributed by atoms with Crippen molar-refractivity contribution in [2.24, 2.45) is 28.8 Å². The second kappa shape index (κ2) is 19.9. The van der Waals surface area contributed by atoms with Crippen LogP contribution in [0, 0.1) is 33.8 Å². The lowest BCUT2D eigenvalue weighted by atomic mass is 9.55. The van der Waals surface area contributed by atoms with Gasteiger partial charge in [0.1, 0.15) is 29.9 Å². The summed E-state index contributed by atoms with van der Waals surface area (Å²) in [5.74, 6) is -0.871. The van der Waals surface area contributed by atoms with Crippen molar-refractivity contribution in [2.45, 2.75) is 82.5 Å². The predicted molar refractivity (Wildman–Crippen MR) is 212 cm³/mol. The predicted octanol–water partition coefficient (Wildman–Crippen LogP) is 6.29. The summed E-state index contributed by atoms with van der Waals surface area (Å²) >= 11 is 0. The molecule has 4 aliphatic rings. The van der Waals surface area contributed by atoms with Crippen LogP contribution in [0.1, 0.15) is 76.2 Å². The molecule has 310 valence electrons. The Hall–Kier alpha value is -4.34. The van der Waals surface area contributed by atoms with Crippen molar-refractivity contribution in [2.75, 3.05) is 52.8 Å². The third-order valence-corrected chi connectivity index (χ3v) is 11.5. The van der Waals surface area contributed by atoms with E-state index in [1.807, 2.05) is 24.0 Å². The van der Waals surface area contributed by atoms with E-state index in [-0.39, 0.29) is 87.9 Å². The first kappa shape index (κ1) is 42.3. The zero-order valence-electron chi connectivity index (χ0n) is 32.8. The molecule has 6 rings (SSSR count). The first-order valence-corrected chi connectivity index (χ1v) is 20.4. The molecule has 1 heterocycles. The molecule has 2 fully saturated rings. The van der Waals surface area contributed by atoms with Crippen molar-refractivity contribution in [3.63, 3.8) is 0 Å². The van der Waals surface area contributed by atoms with E-state index < -0.39 is 22.7 Å². The number of non-ortho nitro benzene ring substituents is 1. The number of fused-ring (bicyclic) bond motifs is 2. The van der Waals surface area contributed by atoms with Gasteiger partial charge in [0.25, 0.3) is 5.69 Å². The van der Waals surface area contributed by atoms with Gasteiger partial charge in [0.05, 0.1) is 49.0 Å². The van der Waals surface area contributed by atoms with Gasteiger partial charge in [0, 0.05) is 49.6 Å². The lowest BCUT2D eigenvalue weighted by molar-refractivity contribution is -0.384. The molecule has 2 saturated carbocycles. The molecule has 3 N–H and O–H groups in total. The van der Waals surface area contributed by atoms with Crippen LogP contribution in [0.4, 0.5) is 5.69 Å². The van der Waals surface area contributed by atoms with E-state index in [0.717, 1.165) is 49.7 Å². The molecule has 6 atom stereocenters. The minimum Gasteiger partial charge on any atom is -0.459 e. The Morgan fingerprint density at radius 3 is 2.53 bits per heavy atom. The molecule has 0 spiro atoms. The van der Waals surface area contributed by atoms with E-state index in [2.05, 4.69) is 12.7 Å². The summed E-state index contributed by atoms with van der Waals surface area (Å²) in [6, 6.07) is 11.0. The van der Waals surface area contributed by atoms with Gasteiger partial charge in [-0.15, -0.1) is 6.58 Å². The zero-order chi connectivity index (χ0) is 40.4. The second-order valence-corrected chi connectivity index (χ2v) is 15.2. The number of benzene rings is 2. The van der Waals surface area contributed by atoms with Gasteiger partial charge in [0.2, 0.25) is 11.7 Å². The van der Waals surface area contributed by atoms with Crippen LogP contribution < -0.4 is 9.47 Å². The molecule has 6 unspecified atom stereocenters. The number of ether oxygens (including phenoxy) is 4. The summed E-state index contributed by atoms with van der Waals surface area (Å²) in [6.45, 7) is 6.93. The van der Waals surface area contributed by atoms with Crippen molar-refractivity contribution in [3.8, 4) is 17.2 Å². The summed E-state index contributed by atoms with van der Waals surface area (Å²) < 4.78 is 26.3. The number of amides is 1. The van der Waals surface area contributed by atoms with Crippen LogP contribution in [-0.2, 0) is 19.1 Å². The van der Waals surface area contributed by atoms with Crippen LogP contribution in [0.25, 0.3) is 0 Å². The van der Waals surface area contributed by atoms with Crippen LogP contribution >= 0.6 is 0 Å². The molecule has 57 heavy (non-hydrogen) atoms. The molecule has 0 aromatic heterocycles. The van der Waals surface area contributed by atoms with Gasteiger partial charge in [-0.25, -0.2) is 0 Å². The van der Waals surface area contributed by atoms with Crippen LogP contribution in [0.2, 0.25) is 0 Å². The number of unbranched alkanes of at least 4 members (excludes halogenated alkanes) is 2. The summed E-state index contributed by atoms with van der Waals surface area (Å²) in [5, 5.41) is 45.5. The Morgan fingerprint density at radius 1 is 1.05 bits per heavy atom. The minimum absolute atomic E-state index is 0.0128. The Morgan fingerprint density at radius 2 is 1.82 bits per heavy atom. The lowest BCUT2D eigenvalue weighted by Crippen LogP contribution is -2.70. The number of nitro benzene ring substituents is 1. The Balaban J connectivity index is 1.56. The molecular weight excluding hydrogens is 734 g/mol. The highest BCUT2D eigenvalue weighted by molar-refractivity contribution is 6.03. The molecule has 0 radical (unpaired) electrons. The molecule has 1 amide bonds. The van der Waals surface area contributed by atoms with Crippen LogP contribution in [0.15, 0.2) is 71.9 Å². The van der Waals surface area contributed by atoms with Crippen molar-refractivity contribution in [3.05, 3.63) is 82.4 Å². The number of aliphatic hydroxyl groups excluding tert-OH is 3. The Kier molecular flexibility index (Phi) is 14.7. The Bertz CT molecular complexity index is 1760. The van der Waals surface area contributed by atoms with Gasteiger partial charge in [-0.1, -0.05) is 36.2 Å². The SMILES string of the molecule is C=CCOC12Oc3ccc(Oc4cccc([N+](=O)[O-])c4)cc3C3C(CCCCO)C(CCCCO)C=C(C(=NOCC)CC1N(CCOCCO)C(=O)C1CC1)C32. The number of carbonyl (C=O) groups is 1. The third-order valence-electron chi connectivity index (χ3n) is 11.5. The molecular formula is C43H57N3O11. The molecule has 1 aliphatic heterocycles. The quantitative estimate of drug-likeness (QED) is 0.0498. The maximum atomic E-state index is 14.4. The van der Waals surface area contributed by atoms with Crippen molar-refractivity contribution < 1.29 is 48.8 Å². The molecule has 2 aromatic rings. The first-order valence-electron chi connectivity index (χ1n) is 20.4. The fourth-order valence-electron chi connectivity index (χ4n) is 8.96. The molecule has 0 saturated heterocycles. The lowest BCUT2D eigenvalue weighted by Gasteiger charge is -2.60. The summed E-state index contributed by atoms with van der Waals surface area (Å²) in [6.07, 6.45) is 10.3.